The second-order valence-corrected chi connectivity index (χ2v) is 6.99. The highest BCUT2D eigenvalue weighted by molar-refractivity contribution is 5.89. The lowest BCUT2D eigenvalue weighted by molar-refractivity contribution is -0.128. The van der Waals surface area contributed by atoms with Crippen molar-refractivity contribution in [1.29, 1.82) is 0 Å². The van der Waals surface area contributed by atoms with E-state index in [1.165, 1.54) is 6.92 Å². The lowest BCUT2D eigenvalue weighted by Crippen LogP contribution is -2.47. The first-order chi connectivity index (χ1) is 14.6. The Balaban J connectivity index is 1.49. The zero-order valence-corrected chi connectivity index (χ0v) is 17.2. The van der Waals surface area contributed by atoms with E-state index >= 15 is 0 Å². The summed E-state index contributed by atoms with van der Waals surface area (Å²) in [5, 5.41) is 6.69. The molecule has 0 radical (unpaired) electrons. The molecular formula is C23H27N3O4. The van der Waals surface area contributed by atoms with Crippen LogP contribution < -0.4 is 20.1 Å². The van der Waals surface area contributed by atoms with Crippen LogP contribution in [0.4, 0.5) is 0 Å². The molecule has 0 fully saturated rings. The van der Waals surface area contributed by atoms with Crippen LogP contribution in [0.2, 0.25) is 0 Å². The minimum absolute atomic E-state index is 0.208. The van der Waals surface area contributed by atoms with Crippen LogP contribution in [-0.2, 0) is 16.0 Å². The summed E-state index contributed by atoms with van der Waals surface area (Å²) in [6.07, 6.45) is 2.95. The number of carbonyl (C=O) groups is 2. The van der Waals surface area contributed by atoms with Gasteiger partial charge >= 0.3 is 0 Å². The molecule has 2 amide bonds. The van der Waals surface area contributed by atoms with Gasteiger partial charge in [0.1, 0.15) is 17.5 Å². The van der Waals surface area contributed by atoms with Gasteiger partial charge in [-0.2, -0.15) is 0 Å². The van der Waals surface area contributed by atoms with E-state index in [4.69, 9.17) is 9.47 Å². The molecule has 1 unspecified atom stereocenters. The predicted octanol–water partition coefficient (Wildman–Crippen LogP) is 2.81. The third kappa shape index (κ3) is 5.76. The highest BCUT2D eigenvalue weighted by Crippen LogP contribution is 2.19. The van der Waals surface area contributed by atoms with Crippen LogP contribution in [0.1, 0.15) is 18.9 Å². The van der Waals surface area contributed by atoms with Gasteiger partial charge in [0, 0.05) is 37.0 Å². The Morgan fingerprint density at radius 2 is 1.80 bits per heavy atom. The highest BCUT2D eigenvalue weighted by Gasteiger charge is 2.21. The highest BCUT2D eigenvalue weighted by atomic mass is 16.5. The van der Waals surface area contributed by atoms with Gasteiger partial charge in [-0.25, -0.2) is 0 Å². The van der Waals surface area contributed by atoms with Crippen molar-refractivity contribution in [2.45, 2.75) is 25.8 Å². The fourth-order valence-electron chi connectivity index (χ4n) is 3.24. The molecule has 3 N–H and O–H groups in total. The Kier molecular flexibility index (Phi) is 7.32. The van der Waals surface area contributed by atoms with Crippen molar-refractivity contribution in [2.24, 2.45) is 0 Å². The van der Waals surface area contributed by atoms with E-state index in [0.717, 1.165) is 28.0 Å². The van der Waals surface area contributed by atoms with E-state index in [1.807, 2.05) is 54.7 Å². The zero-order chi connectivity index (χ0) is 21.3. The maximum atomic E-state index is 12.7. The Bertz CT molecular complexity index is 982. The van der Waals surface area contributed by atoms with Crippen molar-refractivity contribution in [3.8, 4) is 11.5 Å². The summed E-state index contributed by atoms with van der Waals surface area (Å²) in [5.41, 5.74) is 1.99. The molecule has 0 bridgehead atoms. The second kappa shape index (κ2) is 10.3. The van der Waals surface area contributed by atoms with E-state index in [-0.39, 0.29) is 11.8 Å². The van der Waals surface area contributed by atoms with E-state index < -0.39 is 6.04 Å². The summed E-state index contributed by atoms with van der Waals surface area (Å²) in [5.74, 6) is 1.07. The van der Waals surface area contributed by atoms with Crippen LogP contribution in [-0.4, -0.2) is 43.1 Å². The topological polar surface area (TPSA) is 92.4 Å². The number of hydrogen-bond acceptors (Lipinski definition) is 4. The minimum atomic E-state index is -0.635. The van der Waals surface area contributed by atoms with Crippen LogP contribution in [0.15, 0.2) is 54.7 Å². The Labute approximate surface area is 175 Å². The fourth-order valence-corrected chi connectivity index (χ4v) is 3.24. The van der Waals surface area contributed by atoms with Gasteiger partial charge in [-0.3, -0.25) is 9.59 Å². The molecular weight excluding hydrogens is 382 g/mol. The van der Waals surface area contributed by atoms with Crippen molar-refractivity contribution in [1.82, 2.24) is 15.6 Å². The zero-order valence-electron chi connectivity index (χ0n) is 17.2. The Morgan fingerprint density at radius 3 is 2.53 bits per heavy atom. The van der Waals surface area contributed by atoms with Crippen LogP contribution in [0.25, 0.3) is 10.9 Å². The van der Waals surface area contributed by atoms with Crippen molar-refractivity contribution in [2.75, 3.05) is 20.3 Å². The maximum Gasteiger partial charge on any atom is 0.242 e. The third-order valence-electron chi connectivity index (χ3n) is 4.74. The molecule has 1 heterocycles. The SMILES string of the molecule is COc1ccc(OCCCNC(=O)C(Cc2c[nH]c3ccccc23)NC(C)=O)cc1. The molecule has 3 rings (SSSR count). The summed E-state index contributed by atoms with van der Waals surface area (Å²) in [6, 6.07) is 14.6. The average Bonchev–Trinajstić information content (AvgIpc) is 3.16. The maximum absolute atomic E-state index is 12.7. The third-order valence-corrected chi connectivity index (χ3v) is 4.74. The number of aromatic amines is 1. The molecule has 0 spiro atoms. The number of benzene rings is 2. The molecule has 1 aromatic heterocycles. The van der Waals surface area contributed by atoms with Crippen molar-refractivity contribution in [3.05, 3.63) is 60.3 Å². The van der Waals surface area contributed by atoms with Crippen LogP contribution in [0.5, 0.6) is 11.5 Å². The van der Waals surface area contributed by atoms with Gasteiger partial charge < -0.3 is 25.1 Å². The summed E-state index contributed by atoms with van der Waals surface area (Å²) in [6.45, 7) is 2.34. The quantitative estimate of drug-likeness (QED) is 0.449. The van der Waals surface area contributed by atoms with Gasteiger partial charge in [0.2, 0.25) is 11.8 Å². The first-order valence-electron chi connectivity index (χ1n) is 9.93. The van der Waals surface area contributed by atoms with Crippen LogP contribution >= 0.6 is 0 Å². The summed E-state index contributed by atoms with van der Waals surface area (Å²) in [7, 11) is 1.62. The van der Waals surface area contributed by atoms with Crippen molar-refractivity contribution >= 4 is 22.7 Å². The summed E-state index contributed by atoms with van der Waals surface area (Å²) < 4.78 is 10.8. The number of nitrogens with one attached hydrogen (secondary N) is 3. The fraction of sp³-hybridized carbons (Fsp3) is 0.304. The lowest BCUT2D eigenvalue weighted by atomic mass is 10.0. The number of para-hydroxylation sites is 1. The number of rotatable bonds is 10. The van der Waals surface area contributed by atoms with Crippen molar-refractivity contribution < 1.29 is 19.1 Å². The predicted molar refractivity (Wildman–Crippen MR) is 116 cm³/mol. The number of H-pyrrole nitrogens is 1. The molecule has 30 heavy (non-hydrogen) atoms. The van der Waals surface area contributed by atoms with Gasteiger partial charge in [-0.1, -0.05) is 18.2 Å². The Morgan fingerprint density at radius 1 is 1.07 bits per heavy atom. The number of amides is 2. The molecule has 0 saturated heterocycles. The van der Waals surface area contributed by atoms with E-state index in [2.05, 4.69) is 15.6 Å². The van der Waals surface area contributed by atoms with Gasteiger partial charge in [0.05, 0.1) is 13.7 Å². The van der Waals surface area contributed by atoms with Crippen LogP contribution in [0, 0.1) is 0 Å². The molecule has 158 valence electrons. The summed E-state index contributed by atoms with van der Waals surface area (Å²) >= 11 is 0. The smallest absolute Gasteiger partial charge is 0.242 e. The van der Waals surface area contributed by atoms with Gasteiger partial charge in [-0.05, 0) is 42.3 Å². The van der Waals surface area contributed by atoms with Crippen LogP contribution in [0.3, 0.4) is 0 Å². The molecule has 0 aliphatic carbocycles. The molecule has 3 aromatic rings. The van der Waals surface area contributed by atoms with E-state index in [1.54, 1.807) is 7.11 Å². The molecule has 0 saturated carbocycles. The number of ether oxygens (including phenoxy) is 2. The van der Waals surface area contributed by atoms with Crippen molar-refractivity contribution in [3.63, 3.8) is 0 Å². The van der Waals surface area contributed by atoms with Gasteiger partial charge in [0.25, 0.3) is 0 Å². The summed E-state index contributed by atoms with van der Waals surface area (Å²) in [4.78, 5) is 27.5. The average molecular weight is 409 g/mol. The normalized spacial score (nSPS) is 11.7. The number of carbonyl (C=O) groups excluding carboxylic acids is 2. The first-order valence-corrected chi connectivity index (χ1v) is 9.93. The first kappa shape index (κ1) is 21.2. The largest absolute Gasteiger partial charge is 0.497 e. The molecule has 0 aliphatic heterocycles. The molecule has 1 atom stereocenters. The van der Waals surface area contributed by atoms with E-state index in [9.17, 15) is 9.59 Å². The van der Waals surface area contributed by atoms with Gasteiger partial charge in [0.15, 0.2) is 0 Å². The lowest BCUT2D eigenvalue weighted by Gasteiger charge is -2.17. The molecule has 7 nitrogen and oxygen atoms in total. The molecule has 2 aromatic carbocycles. The van der Waals surface area contributed by atoms with Gasteiger partial charge in [-0.15, -0.1) is 0 Å². The number of fused-ring (bicyclic) bond motifs is 1. The number of aromatic nitrogens is 1. The molecule has 7 heteroatoms. The minimum Gasteiger partial charge on any atom is -0.497 e. The molecule has 0 aliphatic rings. The Hall–Kier alpha value is -3.48. The number of methoxy groups -OCH3 is 1. The standard InChI is InChI=1S/C23H27N3O4/c1-16(27)26-22(14-17-15-25-21-7-4-3-6-20(17)21)23(28)24-12-5-13-30-19-10-8-18(29-2)9-11-19/h3-4,6-11,15,22,25H,5,12-14H2,1-2H3,(H,24,28)(H,26,27). The monoisotopic (exact) mass is 409 g/mol. The second-order valence-electron chi connectivity index (χ2n) is 6.99. The number of hydrogen-bond donors (Lipinski definition) is 3. The van der Waals surface area contributed by atoms with E-state index in [0.29, 0.717) is 26.0 Å².